The lowest BCUT2D eigenvalue weighted by molar-refractivity contribution is -0.146. The maximum absolute atomic E-state index is 11.4. The standard InChI is InChI=1S/C14H24O3/c1-4-5-6-7-8-9-10-13(11-12(2)15)14(16)17-3/h8-9,13H,4-7,10-11H2,1-3H3/b9-8+. The molecule has 0 aromatic carbocycles. The average molecular weight is 240 g/mol. The molecule has 0 amide bonds. The first-order valence-corrected chi connectivity index (χ1v) is 6.34. The van der Waals surface area contributed by atoms with Crippen LogP contribution in [0.5, 0.6) is 0 Å². The zero-order valence-corrected chi connectivity index (χ0v) is 11.2. The third-order valence-corrected chi connectivity index (χ3v) is 2.63. The Kier molecular flexibility index (Phi) is 9.40. The number of Topliss-reactive ketones (excluding diaryl/α,β-unsaturated/α-hetero) is 1. The summed E-state index contributed by atoms with van der Waals surface area (Å²) in [5.74, 6) is -0.585. The molecule has 0 aliphatic carbocycles. The summed E-state index contributed by atoms with van der Waals surface area (Å²) in [6, 6.07) is 0. The first-order chi connectivity index (χ1) is 8.11. The second-order valence-corrected chi connectivity index (χ2v) is 4.33. The molecule has 0 heterocycles. The van der Waals surface area contributed by atoms with E-state index in [1.54, 1.807) is 0 Å². The smallest absolute Gasteiger partial charge is 0.309 e. The fraction of sp³-hybridized carbons (Fsp3) is 0.714. The Hall–Kier alpha value is -1.12. The van der Waals surface area contributed by atoms with Crippen LogP contribution in [-0.4, -0.2) is 18.9 Å². The summed E-state index contributed by atoms with van der Waals surface area (Å²) in [5.41, 5.74) is 0. The molecule has 1 atom stereocenters. The number of ether oxygens (including phenoxy) is 1. The molecule has 0 saturated heterocycles. The van der Waals surface area contributed by atoms with E-state index < -0.39 is 0 Å². The molecule has 0 aromatic rings. The van der Waals surface area contributed by atoms with Gasteiger partial charge in [-0.05, 0) is 26.2 Å². The minimum atomic E-state index is -0.320. The summed E-state index contributed by atoms with van der Waals surface area (Å²) in [7, 11) is 1.36. The van der Waals surface area contributed by atoms with Gasteiger partial charge in [0.2, 0.25) is 0 Å². The highest BCUT2D eigenvalue weighted by atomic mass is 16.5. The van der Waals surface area contributed by atoms with E-state index >= 15 is 0 Å². The van der Waals surface area contributed by atoms with Gasteiger partial charge in [0.05, 0.1) is 13.0 Å². The van der Waals surface area contributed by atoms with Gasteiger partial charge in [0.1, 0.15) is 5.78 Å². The molecule has 0 bridgehead atoms. The molecule has 0 spiro atoms. The normalized spacial score (nSPS) is 12.6. The van der Waals surface area contributed by atoms with Crippen LogP contribution in [0.15, 0.2) is 12.2 Å². The van der Waals surface area contributed by atoms with Gasteiger partial charge in [-0.25, -0.2) is 0 Å². The van der Waals surface area contributed by atoms with Crippen LogP contribution in [0.1, 0.15) is 52.4 Å². The summed E-state index contributed by atoms with van der Waals surface area (Å²) < 4.78 is 4.68. The van der Waals surface area contributed by atoms with Crippen LogP contribution >= 0.6 is 0 Å². The van der Waals surface area contributed by atoms with Crippen molar-refractivity contribution >= 4 is 11.8 Å². The lowest BCUT2D eigenvalue weighted by Gasteiger charge is -2.10. The molecule has 0 radical (unpaired) electrons. The Labute approximate surface area is 104 Å². The highest BCUT2D eigenvalue weighted by molar-refractivity contribution is 5.82. The van der Waals surface area contributed by atoms with Gasteiger partial charge in [-0.1, -0.05) is 31.9 Å². The van der Waals surface area contributed by atoms with Crippen LogP contribution < -0.4 is 0 Å². The quantitative estimate of drug-likeness (QED) is 0.353. The van der Waals surface area contributed by atoms with Crippen molar-refractivity contribution in [3.8, 4) is 0 Å². The molecule has 0 N–H and O–H groups in total. The molecule has 98 valence electrons. The van der Waals surface area contributed by atoms with Crippen molar-refractivity contribution in [3.05, 3.63) is 12.2 Å². The second kappa shape index (κ2) is 10.1. The van der Waals surface area contributed by atoms with Crippen molar-refractivity contribution in [2.45, 2.75) is 52.4 Å². The van der Waals surface area contributed by atoms with E-state index in [2.05, 4.69) is 17.7 Å². The minimum absolute atomic E-state index is 0.0276. The number of ketones is 1. The minimum Gasteiger partial charge on any atom is -0.469 e. The zero-order chi connectivity index (χ0) is 13.1. The van der Waals surface area contributed by atoms with Crippen molar-refractivity contribution in [2.24, 2.45) is 5.92 Å². The highest BCUT2D eigenvalue weighted by Gasteiger charge is 2.19. The van der Waals surface area contributed by atoms with Gasteiger partial charge >= 0.3 is 5.97 Å². The Morgan fingerprint density at radius 1 is 1.24 bits per heavy atom. The first kappa shape index (κ1) is 15.9. The highest BCUT2D eigenvalue weighted by Crippen LogP contribution is 2.13. The zero-order valence-electron chi connectivity index (χ0n) is 11.2. The van der Waals surface area contributed by atoms with E-state index in [1.807, 2.05) is 6.08 Å². The largest absolute Gasteiger partial charge is 0.469 e. The molecule has 0 aromatic heterocycles. The van der Waals surface area contributed by atoms with E-state index in [1.165, 1.54) is 33.3 Å². The van der Waals surface area contributed by atoms with Gasteiger partial charge in [-0.2, -0.15) is 0 Å². The van der Waals surface area contributed by atoms with Crippen LogP contribution in [-0.2, 0) is 14.3 Å². The van der Waals surface area contributed by atoms with Gasteiger partial charge in [0, 0.05) is 6.42 Å². The number of hydrogen-bond donors (Lipinski definition) is 0. The molecule has 1 unspecified atom stereocenters. The molecule has 3 heteroatoms. The second-order valence-electron chi connectivity index (χ2n) is 4.33. The Bertz CT molecular complexity index is 256. The third-order valence-electron chi connectivity index (χ3n) is 2.63. The van der Waals surface area contributed by atoms with Gasteiger partial charge in [0.15, 0.2) is 0 Å². The maximum Gasteiger partial charge on any atom is 0.309 e. The van der Waals surface area contributed by atoms with Crippen LogP contribution in [0.4, 0.5) is 0 Å². The van der Waals surface area contributed by atoms with Crippen molar-refractivity contribution in [1.29, 1.82) is 0 Å². The molecule has 0 aliphatic heterocycles. The summed E-state index contributed by atoms with van der Waals surface area (Å²) in [5, 5.41) is 0. The van der Waals surface area contributed by atoms with Gasteiger partial charge in [-0.3, -0.25) is 4.79 Å². The number of carbonyl (C=O) groups excluding carboxylic acids is 2. The van der Waals surface area contributed by atoms with E-state index in [0.717, 1.165) is 6.42 Å². The molecule has 17 heavy (non-hydrogen) atoms. The predicted molar refractivity (Wildman–Crippen MR) is 68.7 cm³/mol. The monoisotopic (exact) mass is 240 g/mol. The van der Waals surface area contributed by atoms with Crippen LogP contribution in [0.25, 0.3) is 0 Å². The van der Waals surface area contributed by atoms with Crippen molar-refractivity contribution in [2.75, 3.05) is 7.11 Å². The number of methoxy groups -OCH3 is 1. The molecular weight excluding hydrogens is 216 g/mol. The number of rotatable bonds is 9. The van der Waals surface area contributed by atoms with Crippen LogP contribution in [0, 0.1) is 5.92 Å². The Morgan fingerprint density at radius 2 is 1.94 bits per heavy atom. The average Bonchev–Trinajstić information content (AvgIpc) is 2.30. The molecule has 0 fully saturated rings. The summed E-state index contributed by atoms with van der Waals surface area (Å²) in [6.07, 6.45) is 9.61. The van der Waals surface area contributed by atoms with E-state index in [0.29, 0.717) is 6.42 Å². The third kappa shape index (κ3) is 8.66. The topological polar surface area (TPSA) is 43.4 Å². The summed E-state index contributed by atoms with van der Waals surface area (Å²) >= 11 is 0. The van der Waals surface area contributed by atoms with E-state index in [4.69, 9.17) is 0 Å². The van der Waals surface area contributed by atoms with Crippen molar-refractivity contribution in [3.63, 3.8) is 0 Å². The summed E-state index contributed by atoms with van der Waals surface area (Å²) in [6.45, 7) is 3.67. The molecular formula is C14H24O3. The first-order valence-electron chi connectivity index (χ1n) is 6.34. The number of carbonyl (C=O) groups is 2. The number of esters is 1. The molecule has 0 aliphatic rings. The molecule has 0 saturated carbocycles. The Balaban J connectivity index is 3.98. The van der Waals surface area contributed by atoms with E-state index in [9.17, 15) is 9.59 Å². The fourth-order valence-corrected chi connectivity index (χ4v) is 1.67. The maximum atomic E-state index is 11.4. The van der Waals surface area contributed by atoms with Gasteiger partial charge in [0.25, 0.3) is 0 Å². The molecule has 0 rings (SSSR count). The van der Waals surface area contributed by atoms with Crippen molar-refractivity contribution < 1.29 is 14.3 Å². The molecule has 3 nitrogen and oxygen atoms in total. The fourth-order valence-electron chi connectivity index (χ4n) is 1.67. The lowest BCUT2D eigenvalue weighted by Crippen LogP contribution is -2.18. The Morgan fingerprint density at radius 3 is 2.47 bits per heavy atom. The lowest BCUT2D eigenvalue weighted by atomic mass is 9.99. The van der Waals surface area contributed by atoms with E-state index in [-0.39, 0.29) is 24.1 Å². The van der Waals surface area contributed by atoms with Crippen molar-refractivity contribution in [1.82, 2.24) is 0 Å². The van der Waals surface area contributed by atoms with Gasteiger partial charge in [-0.15, -0.1) is 0 Å². The SMILES string of the molecule is CCCCC/C=C/CC(CC(C)=O)C(=O)OC. The number of allylic oxidation sites excluding steroid dienone is 2. The summed E-state index contributed by atoms with van der Waals surface area (Å²) in [4.78, 5) is 22.4. The predicted octanol–water partition coefficient (Wildman–Crippen LogP) is 3.28. The number of hydrogen-bond acceptors (Lipinski definition) is 3. The number of unbranched alkanes of at least 4 members (excludes halogenated alkanes) is 3. The van der Waals surface area contributed by atoms with Crippen LogP contribution in [0.3, 0.4) is 0 Å². The van der Waals surface area contributed by atoms with Gasteiger partial charge < -0.3 is 9.53 Å². The van der Waals surface area contributed by atoms with Crippen LogP contribution in [0.2, 0.25) is 0 Å².